The molecule has 5 nitrogen and oxygen atoms in total. The average Bonchev–Trinajstić information content (AvgIpc) is 2.76. The second kappa shape index (κ2) is 4.83. The number of rotatable bonds is 3. The van der Waals surface area contributed by atoms with E-state index in [1.807, 2.05) is 12.1 Å². The number of carbonyl (C=O) groups is 1. The van der Waals surface area contributed by atoms with Gasteiger partial charge in [-0.25, -0.2) is 4.79 Å². The molecule has 1 aromatic rings. The second-order valence-electron chi connectivity index (χ2n) is 3.53. The van der Waals surface area contributed by atoms with Gasteiger partial charge in [0.05, 0.1) is 20.3 Å². The fourth-order valence-electron chi connectivity index (χ4n) is 1.65. The molecule has 0 aliphatic carbocycles. The lowest BCUT2D eigenvalue weighted by molar-refractivity contribution is 0.177. The number of carbonyl (C=O) groups excluding carboxylic acids is 1. The van der Waals surface area contributed by atoms with Crippen molar-refractivity contribution in [1.82, 2.24) is 5.32 Å². The Morgan fingerprint density at radius 2 is 1.94 bits per heavy atom. The van der Waals surface area contributed by atoms with Crippen LogP contribution in [0.5, 0.6) is 11.5 Å². The molecule has 0 bridgehead atoms. The monoisotopic (exact) mass is 301 g/mol. The molecule has 92 valence electrons. The van der Waals surface area contributed by atoms with Crippen LogP contribution in [0.15, 0.2) is 16.6 Å². The Morgan fingerprint density at radius 1 is 1.35 bits per heavy atom. The minimum absolute atomic E-state index is 0.168. The molecule has 1 fully saturated rings. The fourth-order valence-corrected chi connectivity index (χ4v) is 2.21. The van der Waals surface area contributed by atoms with Crippen molar-refractivity contribution in [2.45, 2.75) is 6.04 Å². The fraction of sp³-hybridized carbons (Fsp3) is 0.364. The summed E-state index contributed by atoms with van der Waals surface area (Å²) in [7, 11) is 3.15. The summed E-state index contributed by atoms with van der Waals surface area (Å²) in [5.41, 5.74) is 0.882. The lowest BCUT2D eigenvalue weighted by Crippen LogP contribution is -2.18. The first-order valence-corrected chi connectivity index (χ1v) is 5.79. The van der Waals surface area contributed by atoms with Gasteiger partial charge >= 0.3 is 6.09 Å². The van der Waals surface area contributed by atoms with Crippen molar-refractivity contribution in [1.29, 1.82) is 0 Å². The van der Waals surface area contributed by atoms with Crippen LogP contribution in [0.3, 0.4) is 0 Å². The summed E-state index contributed by atoms with van der Waals surface area (Å²) >= 11 is 3.39. The van der Waals surface area contributed by atoms with Crippen molar-refractivity contribution in [3.05, 3.63) is 22.2 Å². The SMILES string of the molecule is COc1cc([C@H]2COC(=O)N2)cc(OC)c1Br. The number of amides is 1. The van der Waals surface area contributed by atoms with Crippen LogP contribution in [0.4, 0.5) is 4.79 Å². The van der Waals surface area contributed by atoms with E-state index in [9.17, 15) is 4.79 Å². The minimum atomic E-state index is -0.407. The van der Waals surface area contributed by atoms with Gasteiger partial charge in [0.1, 0.15) is 22.6 Å². The van der Waals surface area contributed by atoms with Crippen molar-refractivity contribution in [3.8, 4) is 11.5 Å². The third-order valence-electron chi connectivity index (χ3n) is 2.54. The first-order chi connectivity index (χ1) is 8.15. The van der Waals surface area contributed by atoms with E-state index in [2.05, 4.69) is 21.2 Å². The number of hydrogen-bond donors (Lipinski definition) is 1. The number of nitrogens with one attached hydrogen (secondary N) is 1. The number of ether oxygens (including phenoxy) is 3. The molecule has 0 unspecified atom stereocenters. The van der Waals surface area contributed by atoms with Gasteiger partial charge in [0.25, 0.3) is 0 Å². The van der Waals surface area contributed by atoms with E-state index in [4.69, 9.17) is 14.2 Å². The van der Waals surface area contributed by atoms with E-state index in [-0.39, 0.29) is 6.04 Å². The maximum atomic E-state index is 11.0. The molecule has 17 heavy (non-hydrogen) atoms. The van der Waals surface area contributed by atoms with Gasteiger partial charge in [0, 0.05) is 0 Å². The van der Waals surface area contributed by atoms with Crippen molar-refractivity contribution in [3.63, 3.8) is 0 Å². The zero-order valence-corrected chi connectivity index (χ0v) is 11.0. The standard InChI is InChI=1S/C11H12BrNO4/c1-15-8-3-6(4-9(16-2)10(8)12)7-5-17-11(14)13-7/h3-4,7H,5H2,1-2H3,(H,13,14)/t7-/m1/s1. The van der Waals surface area contributed by atoms with Gasteiger partial charge in [-0.1, -0.05) is 0 Å². The topological polar surface area (TPSA) is 56.8 Å². The first-order valence-electron chi connectivity index (χ1n) is 5.00. The van der Waals surface area contributed by atoms with Crippen molar-refractivity contribution < 1.29 is 19.0 Å². The molecule has 1 amide bonds. The second-order valence-corrected chi connectivity index (χ2v) is 4.33. The molecule has 1 aromatic carbocycles. The Hall–Kier alpha value is -1.43. The average molecular weight is 302 g/mol. The molecule has 0 spiro atoms. The van der Waals surface area contributed by atoms with Crippen LogP contribution < -0.4 is 14.8 Å². The van der Waals surface area contributed by atoms with Crippen LogP contribution in [0.1, 0.15) is 11.6 Å². The number of benzene rings is 1. The highest BCUT2D eigenvalue weighted by Crippen LogP contribution is 2.37. The number of hydrogen-bond acceptors (Lipinski definition) is 4. The van der Waals surface area contributed by atoms with Gasteiger partial charge in [-0.15, -0.1) is 0 Å². The third-order valence-corrected chi connectivity index (χ3v) is 3.33. The minimum Gasteiger partial charge on any atom is -0.495 e. The highest BCUT2D eigenvalue weighted by molar-refractivity contribution is 9.10. The summed E-state index contributed by atoms with van der Waals surface area (Å²) in [5, 5.41) is 2.70. The van der Waals surface area contributed by atoms with Gasteiger partial charge in [0.15, 0.2) is 0 Å². The van der Waals surface area contributed by atoms with Crippen molar-refractivity contribution in [2.24, 2.45) is 0 Å². The summed E-state index contributed by atoms with van der Waals surface area (Å²) in [6.07, 6.45) is -0.407. The zero-order valence-electron chi connectivity index (χ0n) is 9.45. The molecule has 0 aromatic heterocycles. The molecule has 2 rings (SSSR count). The van der Waals surface area contributed by atoms with Gasteiger partial charge in [0.2, 0.25) is 0 Å². The molecule has 1 N–H and O–H groups in total. The maximum absolute atomic E-state index is 11.0. The molecule has 1 aliphatic heterocycles. The van der Waals surface area contributed by atoms with Gasteiger partial charge in [-0.2, -0.15) is 0 Å². The van der Waals surface area contributed by atoms with Crippen LogP contribution in [-0.4, -0.2) is 26.9 Å². The normalized spacial score (nSPS) is 18.5. The van der Waals surface area contributed by atoms with E-state index in [0.29, 0.717) is 18.1 Å². The highest BCUT2D eigenvalue weighted by atomic mass is 79.9. The predicted molar refractivity (Wildman–Crippen MR) is 64.5 cm³/mol. The summed E-state index contributed by atoms with van der Waals surface area (Å²) in [4.78, 5) is 11.0. The summed E-state index contributed by atoms with van der Waals surface area (Å²) in [6.45, 7) is 0.312. The lowest BCUT2D eigenvalue weighted by Gasteiger charge is -2.14. The molecule has 6 heteroatoms. The Labute approximate surface area is 107 Å². The van der Waals surface area contributed by atoms with Gasteiger partial charge in [-0.05, 0) is 33.6 Å². The quantitative estimate of drug-likeness (QED) is 0.930. The van der Waals surface area contributed by atoms with Crippen LogP contribution in [-0.2, 0) is 4.74 Å². The van der Waals surface area contributed by atoms with Gasteiger partial charge < -0.3 is 19.5 Å². The number of cyclic esters (lactones) is 1. The van der Waals surface area contributed by atoms with Crippen LogP contribution >= 0.6 is 15.9 Å². The molecule has 0 radical (unpaired) electrons. The van der Waals surface area contributed by atoms with Gasteiger partial charge in [-0.3, -0.25) is 0 Å². The summed E-state index contributed by atoms with van der Waals surface area (Å²) < 4.78 is 16.1. The first kappa shape index (κ1) is 12.0. The molecule has 1 atom stereocenters. The largest absolute Gasteiger partial charge is 0.495 e. The Bertz CT molecular complexity index is 424. The predicted octanol–water partition coefficient (Wildman–Crippen LogP) is 2.25. The Balaban J connectivity index is 2.37. The van der Waals surface area contributed by atoms with E-state index < -0.39 is 6.09 Å². The highest BCUT2D eigenvalue weighted by Gasteiger charge is 2.25. The molecule has 1 saturated heterocycles. The van der Waals surface area contributed by atoms with E-state index in [0.717, 1.165) is 10.0 Å². The molecular formula is C11H12BrNO4. The van der Waals surface area contributed by atoms with Crippen LogP contribution in [0.2, 0.25) is 0 Å². The lowest BCUT2D eigenvalue weighted by atomic mass is 10.1. The van der Waals surface area contributed by atoms with Crippen molar-refractivity contribution >= 4 is 22.0 Å². The van der Waals surface area contributed by atoms with E-state index in [1.54, 1.807) is 14.2 Å². The molecule has 0 saturated carbocycles. The van der Waals surface area contributed by atoms with Crippen LogP contribution in [0, 0.1) is 0 Å². The summed E-state index contributed by atoms with van der Waals surface area (Å²) in [5.74, 6) is 1.31. The van der Waals surface area contributed by atoms with Crippen LogP contribution in [0.25, 0.3) is 0 Å². The smallest absolute Gasteiger partial charge is 0.407 e. The third kappa shape index (κ3) is 2.31. The molecule has 1 aliphatic rings. The van der Waals surface area contributed by atoms with E-state index in [1.165, 1.54) is 0 Å². The van der Waals surface area contributed by atoms with E-state index >= 15 is 0 Å². The maximum Gasteiger partial charge on any atom is 0.407 e. The molecule has 1 heterocycles. The zero-order chi connectivity index (χ0) is 12.4. The number of methoxy groups -OCH3 is 2. The number of halogens is 1. The Morgan fingerprint density at radius 3 is 2.35 bits per heavy atom. The Kier molecular flexibility index (Phi) is 3.42. The summed E-state index contributed by atoms with van der Waals surface area (Å²) in [6, 6.07) is 3.51. The molecular weight excluding hydrogens is 290 g/mol. The number of alkyl carbamates (subject to hydrolysis) is 1. The van der Waals surface area contributed by atoms with Crippen molar-refractivity contribution in [2.75, 3.05) is 20.8 Å².